The quantitative estimate of drug-likeness (QED) is 0.446. The highest BCUT2D eigenvalue weighted by atomic mass is 35.5. The molecule has 0 N–H and O–H groups in total. The van der Waals surface area contributed by atoms with Crippen LogP contribution in [-0.4, -0.2) is 12.0 Å². The molecule has 0 aromatic heterocycles. The largest absolute Gasteiger partial charge is 0.490 e. The summed E-state index contributed by atoms with van der Waals surface area (Å²) in [5.74, 6) is -0.750. The third-order valence-electron chi connectivity index (χ3n) is 1.69. The number of methoxy groups -OCH3 is 1. The summed E-state index contributed by atoms with van der Waals surface area (Å²) in [4.78, 5) is 9.75. The van der Waals surface area contributed by atoms with Crippen molar-refractivity contribution in [2.24, 2.45) is 0 Å². The molecule has 0 unspecified atom stereocenters. The topological polar surface area (TPSA) is 52.4 Å². The van der Waals surface area contributed by atoms with Gasteiger partial charge >= 0.3 is 5.69 Å². The van der Waals surface area contributed by atoms with Crippen molar-refractivity contribution >= 4 is 17.3 Å². The molecule has 0 bridgehead atoms. The highest BCUT2D eigenvalue weighted by molar-refractivity contribution is 6.17. The second-order valence-electron chi connectivity index (χ2n) is 2.51. The average Bonchev–Trinajstić information content (AvgIpc) is 2.17. The van der Waals surface area contributed by atoms with Crippen LogP contribution >= 0.6 is 11.6 Å². The van der Waals surface area contributed by atoms with Crippen molar-refractivity contribution in [3.8, 4) is 5.75 Å². The van der Waals surface area contributed by atoms with E-state index >= 15 is 0 Å². The molecule has 6 heteroatoms. The van der Waals surface area contributed by atoms with Gasteiger partial charge in [0.1, 0.15) is 5.82 Å². The van der Waals surface area contributed by atoms with E-state index in [1.165, 1.54) is 13.2 Å². The molecule has 0 aliphatic rings. The normalized spacial score (nSPS) is 9.93. The zero-order chi connectivity index (χ0) is 10.7. The van der Waals surface area contributed by atoms with Crippen LogP contribution < -0.4 is 4.74 Å². The van der Waals surface area contributed by atoms with Gasteiger partial charge in [-0.2, -0.15) is 0 Å². The molecule has 1 rings (SSSR count). The molecule has 0 aliphatic heterocycles. The van der Waals surface area contributed by atoms with Gasteiger partial charge in [0.15, 0.2) is 5.75 Å². The summed E-state index contributed by atoms with van der Waals surface area (Å²) in [6.45, 7) is 0. The predicted octanol–water partition coefficient (Wildman–Crippen LogP) is 2.48. The molecular formula is C8H7ClFNO3. The van der Waals surface area contributed by atoms with Crippen LogP contribution in [-0.2, 0) is 5.88 Å². The molecule has 0 saturated heterocycles. The first-order valence-electron chi connectivity index (χ1n) is 3.67. The zero-order valence-corrected chi connectivity index (χ0v) is 8.05. The van der Waals surface area contributed by atoms with E-state index in [1.807, 2.05) is 0 Å². The van der Waals surface area contributed by atoms with Gasteiger partial charge in [-0.25, -0.2) is 4.39 Å². The maximum atomic E-state index is 13.1. The van der Waals surface area contributed by atoms with Crippen molar-refractivity contribution in [3.63, 3.8) is 0 Å². The molecule has 0 saturated carbocycles. The van der Waals surface area contributed by atoms with Crippen molar-refractivity contribution < 1.29 is 14.1 Å². The number of nitrogens with zero attached hydrogens (tertiary/aromatic N) is 1. The van der Waals surface area contributed by atoms with Crippen molar-refractivity contribution in [1.29, 1.82) is 0 Å². The van der Waals surface area contributed by atoms with Gasteiger partial charge in [0.25, 0.3) is 0 Å². The van der Waals surface area contributed by atoms with E-state index in [0.29, 0.717) is 0 Å². The van der Waals surface area contributed by atoms with E-state index in [2.05, 4.69) is 0 Å². The van der Waals surface area contributed by atoms with Crippen LogP contribution in [0.3, 0.4) is 0 Å². The fourth-order valence-corrected chi connectivity index (χ4v) is 1.20. The number of nitro groups is 1. The second-order valence-corrected chi connectivity index (χ2v) is 2.77. The van der Waals surface area contributed by atoms with Crippen molar-refractivity contribution in [3.05, 3.63) is 33.6 Å². The SMILES string of the molecule is COc1cc(CCl)c(F)cc1[N+](=O)[O-]. The molecule has 0 radical (unpaired) electrons. The minimum absolute atomic E-state index is 0.00653. The lowest BCUT2D eigenvalue weighted by atomic mass is 10.2. The molecule has 76 valence electrons. The van der Waals surface area contributed by atoms with Crippen LogP contribution in [0.5, 0.6) is 5.75 Å². The number of hydrogen-bond donors (Lipinski definition) is 0. The number of alkyl halides is 1. The standard InChI is InChI=1S/C8H7ClFNO3/c1-14-8-2-5(4-9)6(10)3-7(8)11(12)13/h2-3H,4H2,1H3. The number of hydrogen-bond acceptors (Lipinski definition) is 3. The summed E-state index contributed by atoms with van der Waals surface area (Å²) >= 11 is 5.43. The number of halogens is 2. The van der Waals surface area contributed by atoms with Gasteiger partial charge in [-0.1, -0.05) is 0 Å². The Labute approximate surface area is 84.4 Å². The van der Waals surface area contributed by atoms with E-state index in [0.717, 1.165) is 6.07 Å². The third-order valence-corrected chi connectivity index (χ3v) is 1.98. The lowest BCUT2D eigenvalue weighted by Gasteiger charge is -2.04. The maximum absolute atomic E-state index is 13.1. The Morgan fingerprint density at radius 2 is 2.29 bits per heavy atom. The Balaban J connectivity index is 3.31. The Kier molecular flexibility index (Phi) is 3.24. The third kappa shape index (κ3) is 1.93. The summed E-state index contributed by atoms with van der Waals surface area (Å²) in [6, 6.07) is 2.02. The molecule has 0 heterocycles. The Hall–Kier alpha value is -1.36. The number of rotatable bonds is 3. The summed E-state index contributed by atoms with van der Waals surface area (Å²) in [6.07, 6.45) is 0. The van der Waals surface area contributed by atoms with Crippen LogP contribution in [0.25, 0.3) is 0 Å². The van der Waals surface area contributed by atoms with Crippen molar-refractivity contribution in [1.82, 2.24) is 0 Å². The molecule has 1 aromatic rings. The average molecular weight is 220 g/mol. The van der Waals surface area contributed by atoms with E-state index in [9.17, 15) is 14.5 Å². The molecule has 0 aliphatic carbocycles. The van der Waals surface area contributed by atoms with Crippen molar-refractivity contribution in [2.45, 2.75) is 5.88 Å². The summed E-state index contributed by atoms with van der Waals surface area (Å²) < 4.78 is 17.8. The van der Waals surface area contributed by atoms with Gasteiger partial charge in [0, 0.05) is 5.56 Å². The molecule has 0 fully saturated rings. The fraction of sp³-hybridized carbons (Fsp3) is 0.250. The van der Waals surface area contributed by atoms with Gasteiger partial charge in [-0.15, -0.1) is 11.6 Å². The minimum atomic E-state index is -0.708. The summed E-state index contributed by atoms with van der Waals surface area (Å²) in [7, 11) is 1.28. The molecule has 0 spiro atoms. The van der Waals surface area contributed by atoms with Crippen LogP contribution in [0, 0.1) is 15.9 Å². The van der Waals surface area contributed by atoms with E-state index in [1.54, 1.807) is 0 Å². The first kappa shape index (κ1) is 10.7. The first-order valence-corrected chi connectivity index (χ1v) is 4.20. The number of nitro benzene ring substituents is 1. The van der Waals surface area contributed by atoms with Crippen LogP contribution in [0.1, 0.15) is 5.56 Å². The Morgan fingerprint density at radius 3 is 2.71 bits per heavy atom. The number of benzene rings is 1. The smallest absolute Gasteiger partial charge is 0.313 e. The lowest BCUT2D eigenvalue weighted by molar-refractivity contribution is -0.386. The monoisotopic (exact) mass is 219 g/mol. The van der Waals surface area contributed by atoms with E-state index in [-0.39, 0.29) is 17.2 Å². The Morgan fingerprint density at radius 1 is 1.64 bits per heavy atom. The van der Waals surface area contributed by atoms with E-state index < -0.39 is 16.4 Å². The predicted molar refractivity (Wildman–Crippen MR) is 49.2 cm³/mol. The maximum Gasteiger partial charge on any atom is 0.313 e. The molecule has 4 nitrogen and oxygen atoms in total. The second kappa shape index (κ2) is 4.23. The molecular weight excluding hydrogens is 213 g/mol. The highest BCUT2D eigenvalue weighted by Gasteiger charge is 2.18. The molecule has 14 heavy (non-hydrogen) atoms. The van der Waals surface area contributed by atoms with Crippen molar-refractivity contribution in [2.75, 3.05) is 7.11 Å². The molecule has 0 atom stereocenters. The summed E-state index contributed by atoms with van der Waals surface area (Å²) in [5.41, 5.74) is -0.229. The van der Waals surface area contributed by atoms with Gasteiger partial charge < -0.3 is 4.74 Å². The van der Waals surface area contributed by atoms with Crippen LogP contribution in [0.2, 0.25) is 0 Å². The summed E-state index contributed by atoms with van der Waals surface area (Å²) in [5, 5.41) is 10.5. The van der Waals surface area contributed by atoms with Gasteiger partial charge in [0.05, 0.1) is 24.0 Å². The highest BCUT2D eigenvalue weighted by Crippen LogP contribution is 2.30. The van der Waals surface area contributed by atoms with Gasteiger partial charge in [-0.3, -0.25) is 10.1 Å². The van der Waals surface area contributed by atoms with Gasteiger partial charge in [-0.05, 0) is 6.07 Å². The fourth-order valence-electron chi connectivity index (χ4n) is 0.994. The minimum Gasteiger partial charge on any atom is -0.490 e. The van der Waals surface area contributed by atoms with Crippen LogP contribution in [0.4, 0.5) is 10.1 Å². The Bertz CT molecular complexity index is 370. The van der Waals surface area contributed by atoms with E-state index in [4.69, 9.17) is 16.3 Å². The number of ether oxygens (including phenoxy) is 1. The van der Waals surface area contributed by atoms with Crippen LogP contribution in [0.15, 0.2) is 12.1 Å². The zero-order valence-electron chi connectivity index (χ0n) is 7.29. The first-order chi connectivity index (χ1) is 6.60. The molecule has 1 aromatic carbocycles. The van der Waals surface area contributed by atoms with Gasteiger partial charge in [0.2, 0.25) is 0 Å². The molecule has 0 amide bonds. The lowest BCUT2D eigenvalue weighted by Crippen LogP contribution is -1.97.